The molecule has 3 N–H and O–H groups in total. The van der Waals surface area contributed by atoms with Crippen LogP contribution in [0.3, 0.4) is 0 Å². The van der Waals surface area contributed by atoms with E-state index < -0.39 is 16.1 Å². The van der Waals surface area contributed by atoms with Crippen LogP contribution in [-0.4, -0.2) is 42.3 Å². The molecular formula is C10H16N4O4S2. The Kier molecular flexibility index (Phi) is 4.68. The minimum absolute atomic E-state index is 0.0625. The van der Waals surface area contributed by atoms with E-state index in [0.29, 0.717) is 6.42 Å². The lowest BCUT2D eigenvalue weighted by Crippen LogP contribution is -2.32. The molecule has 20 heavy (non-hydrogen) atoms. The fourth-order valence-electron chi connectivity index (χ4n) is 2.05. The molecule has 0 spiro atoms. The Bertz CT molecular complexity index is 586. The first-order chi connectivity index (χ1) is 9.38. The van der Waals surface area contributed by atoms with Gasteiger partial charge in [-0.05, 0) is 18.8 Å². The molecule has 1 saturated carbocycles. The Labute approximate surface area is 120 Å². The lowest BCUT2D eigenvalue weighted by Gasteiger charge is -2.14. The third-order valence-electron chi connectivity index (χ3n) is 3.07. The molecule has 1 amide bonds. The van der Waals surface area contributed by atoms with Gasteiger partial charge in [-0.15, -0.1) is 10.2 Å². The van der Waals surface area contributed by atoms with Gasteiger partial charge in [0.05, 0.1) is 6.10 Å². The number of anilines is 1. The number of carbonyl (C=O) groups excluding carboxylic acids is 1. The molecular weight excluding hydrogens is 304 g/mol. The third-order valence-corrected chi connectivity index (χ3v) is 5.70. The van der Waals surface area contributed by atoms with Gasteiger partial charge in [0.25, 0.3) is 10.0 Å². The van der Waals surface area contributed by atoms with Crippen molar-refractivity contribution in [2.45, 2.75) is 36.6 Å². The van der Waals surface area contributed by atoms with Gasteiger partial charge in [-0.3, -0.25) is 4.79 Å². The number of nitrogens with one attached hydrogen (secondary N) is 2. The summed E-state index contributed by atoms with van der Waals surface area (Å²) < 4.78 is 26.2. The molecule has 1 aliphatic carbocycles. The minimum Gasteiger partial charge on any atom is -0.393 e. The first kappa shape index (κ1) is 15.3. The van der Waals surface area contributed by atoms with Gasteiger partial charge in [0.15, 0.2) is 0 Å². The highest BCUT2D eigenvalue weighted by molar-refractivity contribution is 7.91. The van der Waals surface area contributed by atoms with Gasteiger partial charge >= 0.3 is 0 Å². The fourth-order valence-corrected chi connectivity index (χ4v) is 4.13. The summed E-state index contributed by atoms with van der Waals surface area (Å²) in [4.78, 5) is 10.8. The zero-order chi connectivity index (χ0) is 14.8. The van der Waals surface area contributed by atoms with Crippen LogP contribution in [0.5, 0.6) is 0 Å². The molecule has 1 aliphatic rings. The number of hydrogen-bond donors (Lipinski definition) is 3. The van der Waals surface area contributed by atoms with Crippen LogP contribution in [0.1, 0.15) is 26.2 Å². The number of aromatic nitrogens is 2. The topological polar surface area (TPSA) is 121 Å². The molecule has 8 nitrogen and oxygen atoms in total. The predicted molar refractivity (Wildman–Crippen MR) is 72.7 cm³/mol. The number of rotatable bonds is 5. The Hall–Kier alpha value is -1.10. The number of aliphatic hydroxyl groups is 1. The summed E-state index contributed by atoms with van der Waals surface area (Å²) in [6.07, 6.45) is 1.95. The first-order valence-electron chi connectivity index (χ1n) is 6.17. The zero-order valence-corrected chi connectivity index (χ0v) is 12.5. The number of nitrogens with zero attached hydrogens (tertiary/aromatic N) is 2. The van der Waals surface area contributed by atoms with Crippen molar-refractivity contribution in [3.8, 4) is 0 Å². The van der Waals surface area contributed by atoms with E-state index in [1.807, 2.05) is 0 Å². The molecule has 1 aromatic rings. The predicted octanol–water partition coefficient (Wildman–Crippen LogP) is -0.0642. The van der Waals surface area contributed by atoms with Crippen molar-refractivity contribution in [3.63, 3.8) is 0 Å². The maximum Gasteiger partial charge on any atom is 0.269 e. The van der Waals surface area contributed by atoms with Crippen LogP contribution in [0.4, 0.5) is 5.13 Å². The number of carbonyl (C=O) groups is 1. The Balaban J connectivity index is 1.99. The zero-order valence-electron chi connectivity index (χ0n) is 10.9. The molecule has 1 heterocycles. The normalized spacial score (nSPS) is 22.9. The van der Waals surface area contributed by atoms with Crippen molar-refractivity contribution in [3.05, 3.63) is 0 Å². The van der Waals surface area contributed by atoms with Gasteiger partial charge in [0.2, 0.25) is 15.4 Å². The molecule has 0 radical (unpaired) electrons. The van der Waals surface area contributed by atoms with E-state index in [1.54, 1.807) is 0 Å². The van der Waals surface area contributed by atoms with E-state index in [4.69, 9.17) is 0 Å². The van der Waals surface area contributed by atoms with E-state index in [1.165, 1.54) is 6.92 Å². The quantitative estimate of drug-likeness (QED) is 0.653. The van der Waals surface area contributed by atoms with Crippen LogP contribution < -0.4 is 10.0 Å². The molecule has 1 fully saturated rings. The summed E-state index contributed by atoms with van der Waals surface area (Å²) in [5.41, 5.74) is 0. The number of amides is 1. The summed E-state index contributed by atoms with van der Waals surface area (Å²) >= 11 is 0.784. The molecule has 2 unspecified atom stereocenters. The highest BCUT2D eigenvalue weighted by atomic mass is 32.2. The van der Waals surface area contributed by atoms with Gasteiger partial charge in [-0.2, -0.15) is 0 Å². The van der Waals surface area contributed by atoms with Crippen molar-refractivity contribution >= 4 is 32.4 Å². The molecule has 0 saturated heterocycles. The van der Waals surface area contributed by atoms with Crippen molar-refractivity contribution in [1.29, 1.82) is 0 Å². The highest BCUT2D eigenvalue weighted by Crippen LogP contribution is 2.25. The van der Waals surface area contributed by atoms with Crippen LogP contribution in [0.15, 0.2) is 4.34 Å². The molecule has 2 atom stereocenters. The van der Waals surface area contributed by atoms with E-state index in [2.05, 4.69) is 20.2 Å². The fraction of sp³-hybridized carbons (Fsp3) is 0.700. The maximum atomic E-state index is 12.0. The van der Waals surface area contributed by atoms with Crippen LogP contribution in [0.25, 0.3) is 0 Å². The smallest absolute Gasteiger partial charge is 0.269 e. The molecule has 0 bridgehead atoms. The summed E-state index contributed by atoms with van der Waals surface area (Å²) in [5, 5.41) is 19.3. The first-order valence-corrected chi connectivity index (χ1v) is 8.47. The van der Waals surface area contributed by atoms with Crippen LogP contribution in [-0.2, 0) is 14.8 Å². The molecule has 0 aliphatic heterocycles. The summed E-state index contributed by atoms with van der Waals surface area (Å²) in [7, 11) is -3.75. The van der Waals surface area contributed by atoms with Gasteiger partial charge in [0, 0.05) is 13.5 Å². The van der Waals surface area contributed by atoms with Crippen molar-refractivity contribution < 1.29 is 18.3 Å². The monoisotopic (exact) mass is 320 g/mol. The second-order valence-corrected chi connectivity index (χ2v) is 7.58. The summed E-state index contributed by atoms with van der Waals surface area (Å²) in [6, 6.07) is 0. The van der Waals surface area contributed by atoms with Crippen LogP contribution in [0, 0.1) is 5.92 Å². The van der Waals surface area contributed by atoms with Crippen molar-refractivity contribution in [1.82, 2.24) is 14.9 Å². The lowest BCUT2D eigenvalue weighted by molar-refractivity contribution is -0.114. The molecule has 112 valence electrons. The number of hydrogen-bond acceptors (Lipinski definition) is 7. The van der Waals surface area contributed by atoms with E-state index in [0.717, 1.165) is 24.2 Å². The lowest BCUT2D eigenvalue weighted by atomic mass is 10.1. The SMILES string of the molecule is CC(=O)Nc1nnc(S(=O)(=O)NCC2CCCC2O)s1. The van der Waals surface area contributed by atoms with E-state index in [9.17, 15) is 18.3 Å². The van der Waals surface area contributed by atoms with Gasteiger partial charge in [-0.1, -0.05) is 17.8 Å². The van der Waals surface area contributed by atoms with Crippen molar-refractivity contribution in [2.75, 3.05) is 11.9 Å². The Morgan fingerprint density at radius 2 is 2.20 bits per heavy atom. The Morgan fingerprint density at radius 3 is 2.80 bits per heavy atom. The van der Waals surface area contributed by atoms with E-state index >= 15 is 0 Å². The largest absolute Gasteiger partial charge is 0.393 e. The van der Waals surface area contributed by atoms with Gasteiger partial charge in [0.1, 0.15) is 0 Å². The number of aliphatic hydroxyl groups excluding tert-OH is 1. The average Bonchev–Trinajstić information content (AvgIpc) is 2.95. The molecule has 10 heteroatoms. The average molecular weight is 320 g/mol. The van der Waals surface area contributed by atoms with Crippen molar-refractivity contribution in [2.24, 2.45) is 5.92 Å². The second kappa shape index (κ2) is 6.12. The summed E-state index contributed by atoms with van der Waals surface area (Å²) in [6.45, 7) is 1.48. The van der Waals surface area contributed by atoms with Crippen LogP contribution in [0.2, 0.25) is 0 Å². The molecule has 1 aromatic heterocycles. The van der Waals surface area contributed by atoms with Gasteiger partial charge in [-0.25, -0.2) is 13.1 Å². The summed E-state index contributed by atoms with van der Waals surface area (Å²) in [5.74, 6) is -0.403. The minimum atomic E-state index is -3.75. The highest BCUT2D eigenvalue weighted by Gasteiger charge is 2.28. The van der Waals surface area contributed by atoms with Crippen LogP contribution >= 0.6 is 11.3 Å². The third kappa shape index (κ3) is 3.72. The molecule has 0 aromatic carbocycles. The number of sulfonamides is 1. The second-order valence-electron chi connectivity index (χ2n) is 4.66. The van der Waals surface area contributed by atoms with E-state index in [-0.39, 0.29) is 27.8 Å². The Morgan fingerprint density at radius 1 is 1.45 bits per heavy atom. The van der Waals surface area contributed by atoms with Gasteiger partial charge < -0.3 is 10.4 Å². The maximum absolute atomic E-state index is 12.0. The molecule has 2 rings (SSSR count). The standard InChI is InChI=1S/C10H16N4O4S2/c1-6(15)12-9-13-14-10(19-9)20(17,18)11-5-7-3-2-4-8(7)16/h7-8,11,16H,2-5H2,1H3,(H,12,13,15).